The number of likely N-dealkylation sites (tertiary alicyclic amines) is 1. The van der Waals surface area contributed by atoms with Gasteiger partial charge in [-0.25, -0.2) is 0 Å². The van der Waals surface area contributed by atoms with Gasteiger partial charge in [0.05, 0.1) is 13.0 Å². The van der Waals surface area contributed by atoms with E-state index < -0.39 is 0 Å². The van der Waals surface area contributed by atoms with Gasteiger partial charge in [-0.3, -0.25) is 9.79 Å². The summed E-state index contributed by atoms with van der Waals surface area (Å²) in [5, 5.41) is 3.63. The van der Waals surface area contributed by atoms with Gasteiger partial charge in [0, 0.05) is 32.2 Å². The highest BCUT2D eigenvalue weighted by molar-refractivity contribution is 14.0. The molecule has 0 bridgehead atoms. The first kappa shape index (κ1) is 23.5. The van der Waals surface area contributed by atoms with Crippen LogP contribution >= 0.6 is 24.0 Å². The van der Waals surface area contributed by atoms with Gasteiger partial charge in [0.1, 0.15) is 0 Å². The van der Waals surface area contributed by atoms with Gasteiger partial charge in [-0.15, -0.1) is 24.0 Å². The van der Waals surface area contributed by atoms with Gasteiger partial charge in [0.25, 0.3) is 0 Å². The van der Waals surface area contributed by atoms with E-state index in [0.717, 1.165) is 38.4 Å². The highest BCUT2D eigenvalue weighted by Gasteiger charge is 2.34. The Kier molecular flexibility index (Phi) is 10.2. The molecule has 1 heterocycles. The fraction of sp³-hybridized carbons (Fsp3) is 0.895. The van der Waals surface area contributed by atoms with E-state index in [1.165, 1.54) is 45.6 Å². The normalized spacial score (nSPS) is 21.7. The summed E-state index contributed by atoms with van der Waals surface area (Å²) in [4.78, 5) is 20.9. The zero-order valence-corrected chi connectivity index (χ0v) is 19.3. The van der Waals surface area contributed by atoms with Gasteiger partial charge >= 0.3 is 5.97 Å². The number of guanidine groups is 1. The van der Waals surface area contributed by atoms with Crippen molar-refractivity contribution in [1.82, 2.24) is 15.1 Å². The van der Waals surface area contributed by atoms with Crippen molar-refractivity contribution in [2.24, 2.45) is 10.9 Å². The maximum atomic E-state index is 11.7. The van der Waals surface area contributed by atoms with Crippen LogP contribution in [0.2, 0.25) is 0 Å². The topological polar surface area (TPSA) is 57.2 Å². The number of aliphatic imine (C=N–C) groups is 1. The average molecular weight is 480 g/mol. The lowest BCUT2D eigenvalue weighted by atomic mass is 9.88. The first-order chi connectivity index (χ1) is 12.0. The van der Waals surface area contributed by atoms with Gasteiger partial charge in [-0.1, -0.05) is 25.7 Å². The van der Waals surface area contributed by atoms with Gasteiger partial charge in [-0.2, -0.15) is 0 Å². The van der Waals surface area contributed by atoms with Crippen LogP contribution in [-0.2, 0) is 9.53 Å². The lowest BCUT2D eigenvalue weighted by molar-refractivity contribution is -0.146. The molecule has 1 saturated heterocycles. The summed E-state index contributed by atoms with van der Waals surface area (Å²) in [6, 6.07) is 0. The Morgan fingerprint density at radius 2 is 1.77 bits per heavy atom. The highest BCUT2D eigenvalue weighted by atomic mass is 127. The minimum atomic E-state index is -0.0763. The minimum absolute atomic E-state index is 0. The van der Waals surface area contributed by atoms with Gasteiger partial charge in [0.15, 0.2) is 5.96 Å². The molecule has 1 N–H and O–H groups in total. The number of halogens is 1. The summed E-state index contributed by atoms with van der Waals surface area (Å²) in [6.45, 7) is 2.65. The Morgan fingerprint density at radius 1 is 1.19 bits per heavy atom. The molecule has 2 aliphatic rings. The molecular weight excluding hydrogens is 443 g/mol. The molecule has 0 radical (unpaired) electrons. The molecule has 26 heavy (non-hydrogen) atoms. The molecule has 152 valence electrons. The van der Waals surface area contributed by atoms with Crippen molar-refractivity contribution in [2.75, 3.05) is 47.9 Å². The molecule has 0 aromatic rings. The molecular formula is C19H37IN4O2. The van der Waals surface area contributed by atoms with Crippen molar-refractivity contribution in [1.29, 1.82) is 0 Å². The van der Waals surface area contributed by atoms with E-state index >= 15 is 0 Å². The molecule has 6 nitrogen and oxygen atoms in total. The minimum Gasteiger partial charge on any atom is -0.469 e. The molecule has 1 saturated carbocycles. The van der Waals surface area contributed by atoms with Crippen LogP contribution < -0.4 is 5.32 Å². The molecule has 1 aliphatic carbocycles. The molecule has 1 aliphatic heterocycles. The van der Waals surface area contributed by atoms with Gasteiger partial charge in [0.2, 0.25) is 0 Å². The van der Waals surface area contributed by atoms with Crippen molar-refractivity contribution in [3.05, 3.63) is 0 Å². The van der Waals surface area contributed by atoms with Crippen LogP contribution in [0.25, 0.3) is 0 Å². The third kappa shape index (κ3) is 5.97. The number of hydrogen-bond donors (Lipinski definition) is 1. The number of nitrogens with one attached hydrogen (secondary N) is 1. The number of carbonyl (C=O) groups excluding carboxylic acids is 1. The standard InChI is InChI=1S/C19H36N4O2.HI/c1-20-18(23-13-9-16(10-14-23)17(24)25-4)21-15-19(22(2)3)11-7-5-6-8-12-19;/h16H,5-15H2,1-4H3,(H,20,21);1H. The van der Waals surface area contributed by atoms with Crippen molar-refractivity contribution < 1.29 is 9.53 Å². The molecule has 2 fully saturated rings. The fourth-order valence-corrected chi connectivity index (χ4v) is 4.24. The number of nitrogens with zero attached hydrogens (tertiary/aromatic N) is 3. The van der Waals surface area contributed by atoms with E-state index in [0.29, 0.717) is 0 Å². The summed E-state index contributed by atoms with van der Waals surface area (Å²) in [7, 11) is 7.74. The number of likely N-dealkylation sites (N-methyl/N-ethyl adjacent to an activating group) is 1. The first-order valence-electron chi connectivity index (χ1n) is 9.73. The number of carbonyl (C=O) groups is 1. The Hall–Kier alpha value is -0.570. The third-order valence-corrected chi connectivity index (χ3v) is 6.10. The molecule has 0 aromatic carbocycles. The van der Waals surface area contributed by atoms with Crippen molar-refractivity contribution in [3.63, 3.8) is 0 Å². The van der Waals surface area contributed by atoms with Crippen LogP contribution in [-0.4, -0.2) is 75.2 Å². The second-order valence-corrected chi connectivity index (χ2v) is 7.72. The molecule has 0 amide bonds. The van der Waals surface area contributed by atoms with E-state index in [9.17, 15) is 4.79 Å². The molecule has 2 rings (SSSR count). The zero-order valence-electron chi connectivity index (χ0n) is 16.9. The van der Waals surface area contributed by atoms with Crippen molar-refractivity contribution in [2.45, 2.75) is 56.9 Å². The van der Waals surface area contributed by atoms with E-state index in [-0.39, 0.29) is 41.4 Å². The Balaban J connectivity index is 0.00000338. The van der Waals surface area contributed by atoms with E-state index in [4.69, 9.17) is 4.74 Å². The van der Waals surface area contributed by atoms with E-state index in [1.54, 1.807) is 0 Å². The molecule has 0 aromatic heterocycles. The largest absolute Gasteiger partial charge is 0.469 e. The number of rotatable bonds is 4. The lowest BCUT2D eigenvalue weighted by Crippen LogP contribution is -2.55. The van der Waals surface area contributed by atoms with Crippen LogP contribution in [0.3, 0.4) is 0 Å². The Morgan fingerprint density at radius 3 is 2.23 bits per heavy atom. The van der Waals surface area contributed by atoms with Gasteiger partial charge in [-0.05, 0) is 39.8 Å². The fourth-order valence-electron chi connectivity index (χ4n) is 4.24. The van der Waals surface area contributed by atoms with Crippen LogP contribution in [0, 0.1) is 5.92 Å². The van der Waals surface area contributed by atoms with Crippen molar-refractivity contribution >= 4 is 35.9 Å². The number of piperidine rings is 1. The Bertz CT molecular complexity index is 454. The second-order valence-electron chi connectivity index (χ2n) is 7.72. The third-order valence-electron chi connectivity index (χ3n) is 6.10. The van der Waals surface area contributed by atoms with Crippen molar-refractivity contribution in [3.8, 4) is 0 Å². The smallest absolute Gasteiger partial charge is 0.308 e. The van der Waals surface area contributed by atoms with Gasteiger partial charge < -0.3 is 19.9 Å². The number of esters is 1. The van der Waals surface area contributed by atoms with E-state index in [1.807, 2.05) is 7.05 Å². The predicted octanol–water partition coefficient (Wildman–Crippen LogP) is 2.72. The first-order valence-corrected chi connectivity index (χ1v) is 9.73. The van der Waals surface area contributed by atoms with Crippen LogP contribution in [0.5, 0.6) is 0 Å². The summed E-state index contributed by atoms with van der Waals surface area (Å²) in [5.41, 5.74) is 0.219. The second kappa shape index (κ2) is 11.3. The predicted molar refractivity (Wildman–Crippen MR) is 117 cm³/mol. The maximum Gasteiger partial charge on any atom is 0.308 e. The van der Waals surface area contributed by atoms with Crippen LogP contribution in [0.1, 0.15) is 51.4 Å². The SMILES string of the molecule is CN=C(NCC1(N(C)C)CCCCCC1)N1CCC(C(=O)OC)CC1.I. The summed E-state index contributed by atoms with van der Waals surface area (Å²) < 4.78 is 4.88. The molecule has 0 unspecified atom stereocenters. The summed E-state index contributed by atoms with van der Waals surface area (Å²) in [6.07, 6.45) is 9.49. The Labute approximate surface area is 176 Å². The number of methoxy groups -OCH3 is 1. The monoisotopic (exact) mass is 480 g/mol. The van der Waals surface area contributed by atoms with Crippen LogP contribution in [0.4, 0.5) is 0 Å². The highest BCUT2D eigenvalue weighted by Crippen LogP contribution is 2.30. The zero-order chi connectivity index (χ0) is 18.3. The molecule has 0 spiro atoms. The molecule has 7 heteroatoms. The number of ether oxygens (including phenoxy) is 1. The molecule has 0 atom stereocenters. The maximum absolute atomic E-state index is 11.7. The quantitative estimate of drug-likeness (QED) is 0.221. The summed E-state index contributed by atoms with van der Waals surface area (Å²) in [5.74, 6) is 0.927. The van der Waals surface area contributed by atoms with Crippen LogP contribution in [0.15, 0.2) is 4.99 Å². The average Bonchev–Trinajstić information content (AvgIpc) is 2.89. The lowest BCUT2D eigenvalue weighted by Gasteiger charge is -2.41. The number of hydrogen-bond acceptors (Lipinski definition) is 4. The van der Waals surface area contributed by atoms with E-state index in [2.05, 4.69) is 34.2 Å². The summed E-state index contributed by atoms with van der Waals surface area (Å²) >= 11 is 0.